The molecule has 0 bridgehead atoms. The molecule has 120 valence electrons. The fourth-order valence-corrected chi connectivity index (χ4v) is 1.40. The van der Waals surface area contributed by atoms with Gasteiger partial charge in [-0.15, -0.1) is 0 Å². The van der Waals surface area contributed by atoms with Crippen LogP contribution in [-0.4, -0.2) is 22.1 Å². The highest BCUT2D eigenvalue weighted by Crippen LogP contribution is 2.51. The first-order chi connectivity index (χ1) is 9.10. The molecule has 0 aromatic carbocycles. The Morgan fingerprint density at radius 2 is 1.33 bits per heavy atom. The molecule has 9 heteroatoms. The van der Waals surface area contributed by atoms with Gasteiger partial charge in [0.05, 0.1) is 0 Å². The quantitative estimate of drug-likeness (QED) is 0.757. The predicted molar refractivity (Wildman–Crippen MR) is 60.4 cm³/mol. The zero-order valence-electron chi connectivity index (χ0n) is 11.6. The van der Waals surface area contributed by atoms with Gasteiger partial charge in [0.15, 0.2) is 0 Å². The van der Waals surface area contributed by atoms with Gasteiger partial charge in [-0.3, -0.25) is 0 Å². The number of rotatable bonds is 2. The number of aromatic nitrogens is 2. The number of halogens is 7. The molecular formula is C12H13F7N2. The predicted octanol–water partition coefficient (Wildman–Crippen LogP) is 4.37. The van der Waals surface area contributed by atoms with Crippen molar-refractivity contribution < 1.29 is 30.7 Å². The van der Waals surface area contributed by atoms with Crippen molar-refractivity contribution in [1.29, 1.82) is 0 Å². The second-order valence-electron chi connectivity index (χ2n) is 5.61. The first-order valence-corrected chi connectivity index (χ1v) is 5.79. The largest absolute Gasteiger partial charge is 0.460 e. The van der Waals surface area contributed by atoms with Crippen LogP contribution < -0.4 is 0 Å². The molecule has 0 unspecified atom stereocenters. The van der Waals surface area contributed by atoms with E-state index in [1.54, 1.807) is 0 Å². The van der Waals surface area contributed by atoms with E-state index in [1.807, 2.05) is 0 Å². The number of hydrogen-bond acceptors (Lipinski definition) is 2. The Bertz CT molecular complexity index is 529. The second-order valence-corrected chi connectivity index (χ2v) is 5.61. The van der Waals surface area contributed by atoms with Crippen molar-refractivity contribution in [3.8, 4) is 0 Å². The Morgan fingerprint density at radius 3 is 1.71 bits per heavy atom. The molecule has 1 aromatic rings. The molecule has 1 heterocycles. The van der Waals surface area contributed by atoms with Crippen molar-refractivity contribution >= 4 is 0 Å². The molecular weight excluding hydrogens is 305 g/mol. The Kier molecular flexibility index (Phi) is 4.04. The fraction of sp³-hybridized carbons (Fsp3) is 0.667. The summed E-state index contributed by atoms with van der Waals surface area (Å²) < 4.78 is 89.8. The van der Waals surface area contributed by atoms with E-state index in [1.165, 1.54) is 27.7 Å². The lowest BCUT2D eigenvalue weighted by Gasteiger charge is -2.28. The first-order valence-electron chi connectivity index (χ1n) is 5.79. The summed E-state index contributed by atoms with van der Waals surface area (Å²) in [4.78, 5) is 7.01. The van der Waals surface area contributed by atoms with Crippen LogP contribution >= 0.6 is 0 Å². The molecule has 21 heavy (non-hydrogen) atoms. The van der Waals surface area contributed by atoms with Crippen molar-refractivity contribution in [2.45, 2.75) is 51.1 Å². The molecule has 2 nitrogen and oxygen atoms in total. The van der Waals surface area contributed by atoms with E-state index in [-0.39, 0.29) is 11.5 Å². The van der Waals surface area contributed by atoms with Crippen molar-refractivity contribution in [2.75, 3.05) is 0 Å². The lowest BCUT2D eigenvalue weighted by Crippen LogP contribution is -2.50. The molecule has 0 radical (unpaired) electrons. The number of aryl methyl sites for hydroxylation is 1. The number of nitrogens with zero attached hydrogens (tertiary/aromatic N) is 2. The Morgan fingerprint density at radius 1 is 0.857 bits per heavy atom. The van der Waals surface area contributed by atoms with Crippen molar-refractivity contribution in [3.05, 3.63) is 23.3 Å². The van der Waals surface area contributed by atoms with Gasteiger partial charge in [0.2, 0.25) is 0 Å². The lowest BCUT2D eigenvalue weighted by molar-refractivity contribution is -0.360. The minimum atomic E-state index is -6.39. The third kappa shape index (κ3) is 3.11. The van der Waals surface area contributed by atoms with E-state index in [0.29, 0.717) is 6.07 Å². The van der Waals surface area contributed by atoms with Crippen molar-refractivity contribution in [1.82, 2.24) is 9.97 Å². The van der Waals surface area contributed by atoms with E-state index < -0.39 is 29.1 Å². The van der Waals surface area contributed by atoms with E-state index in [4.69, 9.17) is 0 Å². The summed E-state index contributed by atoms with van der Waals surface area (Å²) in [6.07, 6.45) is -6.39. The molecule has 1 rings (SSSR count). The van der Waals surface area contributed by atoms with Gasteiger partial charge in [0.25, 0.3) is 0 Å². The summed E-state index contributed by atoms with van der Waals surface area (Å²) in [5, 5.41) is 0. The van der Waals surface area contributed by atoms with Crippen LogP contribution in [0.1, 0.15) is 38.0 Å². The maximum Gasteiger partial charge on any atom is 0.460 e. The van der Waals surface area contributed by atoms with Crippen LogP contribution in [0, 0.1) is 6.92 Å². The van der Waals surface area contributed by atoms with Crippen LogP contribution in [0.15, 0.2) is 6.07 Å². The highest BCUT2D eigenvalue weighted by molar-refractivity contribution is 5.21. The van der Waals surface area contributed by atoms with Crippen LogP contribution in [0.5, 0.6) is 0 Å². The molecule has 1 aromatic heterocycles. The summed E-state index contributed by atoms with van der Waals surface area (Å²) in [6.45, 7) is 5.77. The average molecular weight is 318 g/mol. The average Bonchev–Trinajstić information content (AvgIpc) is 2.25. The topological polar surface area (TPSA) is 25.8 Å². The molecule has 0 saturated heterocycles. The maximum atomic E-state index is 13.6. The fourth-order valence-electron chi connectivity index (χ4n) is 1.40. The third-order valence-corrected chi connectivity index (χ3v) is 2.60. The Labute approximate surface area is 116 Å². The van der Waals surface area contributed by atoms with E-state index in [2.05, 4.69) is 9.97 Å². The molecule has 0 amide bonds. The van der Waals surface area contributed by atoms with E-state index in [0.717, 1.165) is 0 Å². The van der Waals surface area contributed by atoms with Crippen LogP contribution in [0.4, 0.5) is 30.7 Å². The highest BCUT2D eigenvalue weighted by atomic mass is 19.4. The van der Waals surface area contributed by atoms with Crippen LogP contribution in [0.25, 0.3) is 0 Å². The Hall–Kier alpha value is -1.41. The number of alkyl halides is 7. The molecule has 0 aliphatic heterocycles. The summed E-state index contributed by atoms with van der Waals surface area (Å²) in [7, 11) is 0. The summed E-state index contributed by atoms with van der Waals surface area (Å²) in [5.41, 5.74) is -2.66. The van der Waals surface area contributed by atoms with Gasteiger partial charge in [-0.25, -0.2) is 9.97 Å². The summed E-state index contributed by atoms with van der Waals surface area (Å²) >= 11 is 0. The number of hydrogen-bond donors (Lipinski definition) is 0. The maximum absolute atomic E-state index is 13.6. The normalized spacial score (nSPS) is 14.4. The van der Waals surface area contributed by atoms with Crippen LogP contribution in [-0.2, 0) is 11.3 Å². The zero-order chi connectivity index (χ0) is 16.9. The second kappa shape index (κ2) is 4.81. The van der Waals surface area contributed by atoms with Crippen molar-refractivity contribution in [2.24, 2.45) is 0 Å². The van der Waals surface area contributed by atoms with Gasteiger partial charge in [0, 0.05) is 11.1 Å². The smallest absolute Gasteiger partial charge is 0.238 e. The lowest BCUT2D eigenvalue weighted by atomic mass is 9.95. The van der Waals surface area contributed by atoms with Crippen molar-refractivity contribution in [3.63, 3.8) is 0 Å². The molecule has 0 aliphatic rings. The molecule has 0 N–H and O–H groups in total. The monoisotopic (exact) mass is 318 g/mol. The van der Waals surface area contributed by atoms with Gasteiger partial charge in [-0.05, 0) is 13.0 Å². The Balaban J connectivity index is 3.49. The third-order valence-electron chi connectivity index (χ3n) is 2.60. The van der Waals surface area contributed by atoms with Gasteiger partial charge in [-0.2, -0.15) is 30.7 Å². The summed E-state index contributed by atoms with van der Waals surface area (Å²) in [5.74, 6) is -12.0. The molecule has 0 spiro atoms. The van der Waals surface area contributed by atoms with E-state index >= 15 is 0 Å². The summed E-state index contributed by atoms with van der Waals surface area (Å²) in [6, 6.07) is 0.425. The van der Waals surface area contributed by atoms with Crippen LogP contribution in [0.2, 0.25) is 0 Å². The highest BCUT2D eigenvalue weighted by Gasteiger charge is 2.74. The van der Waals surface area contributed by atoms with Gasteiger partial charge in [-0.1, -0.05) is 20.8 Å². The zero-order valence-corrected chi connectivity index (χ0v) is 11.6. The van der Waals surface area contributed by atoms with Crippen LogP contribution in [0.3, 0.4) is 0 Å². The molecule has 0 aliphatic carbocycles. The minimum Gasteiger partial charge on any atom is -0.238 e. The molecule has 0 saturated carbocycles. The van der Waals surface area contributed by atoms with Gasteiger partial charge < -0.3 is 0 Å². The van der Waals surface area contributed by atoms with E-state index in [9.17, 15) is 30.7 Å². The first kappa shape index (κ1) is 17.6. The standard InChI is InChI=1S/C12H13F7N2/c1-6-5-7(21-8(20-6)9(2,3)4)10(13,14)11(15,16)12(17,18)19/h5H,1-4H3. The minimum absolute atomic E-state index is 0.123. The van der Waals surface area contributed by atoms with Gasteiger partial charge >= 0.3 is 18.0 Å². The molecule has 0 fully saturated rings. The van der Waals surface area contributed by atoms with Gasteiger partial charge in [0.1, 0.15) is 11.5 Å². The molecule has 0 atom stereocenters. The SMILES string of the molecule is Cc1cc(C(F)(F)C(F)(F)C(F)(F)F)nc(C(C)(C)C)n1.